The largest absolute Gasteiger partial charge is 0.344 e. The molecule has 320 valence electrons. The van der Waals surface area contributed by atoms with Crippen molar-refractivity contribution in [1.82, 2.24) is 30.5 Å². The Kier molecular flexibility index (Phi) is 13.3. The first-order valence-electron chi connectivity index (χ1n) is 20.7. The normalized spacial score (nSPS) is 16.2. The van der Waals surface area contributed by atoms with Gasteiger partial charge in [-0.1, -0.05) is 56.3 Å². The smallest absolute Gasteiger partial charge is 0.330 e. The lowest BCUT2D eigenvalue weighted by molar-refractivity contribution is -0.143. The van der Waals surface area contributed by atoms with Crippen LogP contribution in [0.4, 0.5) is 27.9 Å². The van der Waals surface area contributed by atoms with Gasteiger partial charge in [0.2, 0.25) is 23.7 Å². The summed E-state index contributed by atoms with van der Waals surface area (Å²) in [5.74, 6) is -1.98. The Morgan fingerprint density at radius 1 is 0.951 bits per heavy atom. The Morgan fingerprint density at radius 2 is 1.69 bits per heavy atom. The number of Topliss-reactive ketones (excluding diaryl/α,β-unsaturated/α-hetero) is 2. The van der Waals surface area contributed by atoms with Gasteiger partial charge in [0.1, 0.15) is 17.4 Å². The Morgan fingerprint density at radius 3 is 2.36 bits per heavy atom. The maximum Gasteiger partial charge on any atom is 0.330 e. The summed E-state index contributed by atoms with van der Waals surface area (Å²) < 4.78 is 0. The first-order valence-corrected chi connectivity index (χ1v) is 20.7. The fourth-order valence-corrected chi connectivity index (χ4v) is 7.83. The van der Waals surface area contributed by atoms with Crippen LogP contribution in [0.15, 0.2) is 73.1 Å². The molecule has 15 nitrogen and oxygen atoms in total. The number of fused-ring (bicyclic) bond motifs is 1. The molecule has 2 aromatic carbocycles. The van der Waals surface area contributed by atoms with Crippen molar-refractivity contribution >= 4 is 58.5 Å². The van der Waals surface area contributed by atoms with Gasteiger partial charge in [-0.15, -0.1) is 0 Å². The molecule has 2 aliphatic heterocycles. The Bertz CT molecular complexity index is 2310. The molecule has 1 fully saturated rings. The van der Waals surface area contributed by atoms with Crippen LogP contribution >= 0.6 is 0 Å². The Hall–Kier alpha value is -6.51. The van der Waals surface area contributed by atoms with E-state index >= 15 is 0 Å². The zero-order valence-electron chi connectivity index (χ0n) is 36.1. The fraction of sp³-hybridized carbons (Fsp3) is 0.413. The molecule has 2 aliphatic rings. The number of carbonyl (C=O) groups excluding carboxylic acids is 6. The Balaban J connectivity index is 1.20. The Labute approximate surface area is 356 Å². The lowest BCUT2D eigenvalue weighted by Gasteiger charge is -2.35. The summed E-state index contributed by atoms with van der Waals surface area (Å²) in [5.41, 5.74) is 3.43. The zero-order chi connectivity index (χ0) is 44.2. The number of amides is 5. The summed E-state index contributed by atoms with van der Waals surface area (Å²) in [7, 11) is 1.64. The summed E-state index contributed by atoms with van der Waals surface area (Å²) >= 11 is 0. The number of likely N-dealkylation sites (tertiary alicyclic amines) is 1. The summed E-state index contributed by atoms with van der Waals surface area (Å²) in [6.45, 7) is 12.4. The second-order valence-corrected chi connectivity index (χ2v) is 16.9. The maximum absolute atomic E-state index is 14.5. The number of hydrogen-bond acceptors (Lipinski definition) is 10. The third-order valence-corrected chi connectivity index (χ3v) is 11.3. The first kappa shape index (κ1) is 44.1. The van der Waals surface area contributed by atoms with E-state index < -0.39 is 35.4 Å². The number of pyridine rings is 1. The highest BCUT2D eigenvalue weighted by atomic mass is 16.2. The van der Waals surface area contributed by atoms with E-state index in [9.17, 15) is 28.8 Å². The standard InChI is InChI=1S/C46H55N9O6/c1-27(2)39(30(5)56)50-43(60)46(6,7)52-41(58)36-15-12-20-54(36)42(59)33(21-31-13-10-9-11-14-31)23-38(57)32-18-16-28(3)37(22-32)55-26-34-24-48-44(51-40(34)53(8)45(55)61)49-35-19-17-29(4)47-25-35/h9-11,13-14,16-19,22,24-25,27,33,36,39H,12,15,20-21,23,26H2,1-8H3,(H,50,60)(H,52,58)(H,48,49,51)/t33-,36+,39+/m1/s1. The van der Waals surface area contributed by atoms with E-state index in [-0.39, 0.29) is 48.8 Å². The summed E-state index contributed by atoms with van der Waals surface area (Å²) in [6, 6.07) is 16.4. The predicted molar refractivity (Wildman–Crippen MR) is 232 cm³/mol. The number of nitrogens with zero attached hydrogens (tertiary/aromatic N) is 6. The van der Waals surface area contributed by atoms with Gasteiger partial charge in [-0.25, -0.2) is 9.78 Å². The van der Waals surface area contributed by atoms with Gasteiger partial charge in [0.15, 0.2) is 11.6 Å². The minimum atomic E-state index is -1.38. The highest BCUT2D eigenvalue weighted by Crippen LogP contribution is 2.33. The van der Waals surface area contributed by atoms with Crippen LogP contribution in [0, 0.1) is 25.7 Å². The third kappa shape index (κ3) is 10.1. The van der Waals surface area contributed by atoms with Crippen molar-refractivity contribution in [3.05, 3.63) is 101 Å². The molecule has 3 atom stereocenters. The summed E-state index contributed by atoms with van der Waals surface area (Å²) in [4.78, 5) is 100.0. The molecule has 2 aromatic heterocycles. The van der Waals surface area contributed by atoms with Crippen LogP contribution in [0.25, 0.3) is 0 Å². The summed E-state index contributed by atoms with van der Waals surface area (Å²) in [5, 5.41) is 8.71. The maximum atomic E-state index is 14.5. The number of anilines is 4. The molecule has 0 aliphatic carbocycles. The SMILES string of the molecule is CC(=O)[C@@H](NC(=O)C(C)(C)NC(=O)[C@@H]1CCCN1C(=O)[C@@H](CC(=O)c1ccc(C)c(N2Cc3cnc(Nc4ccc(C)nc4)nc3N(C)C2=O)c1)Cc1ccccc1)C(C)C. The van der Waals surface area contributed by atoms with Crippen molar-refractivity contribution in [3.63, 3.8) is 0 Å². The van der Waals surface area contributed by atoms with Gasteiger partial charge in [-0.3, -0.25) is 38.8 Å². The van der Waals surface area contributed by atoms with Crippen LogP contribution in [0.2, 0.25) is 0 Å². The molecule has 1 saturated heterocycles. The van der Waals surface area contributed by atoms with Gasteiger partial charge in [-0.2, -0.15) is 4.98 Å². The number of hydrogen-bond donors (Lipinski definition) is 3. The van der Waals surface area contributed by atoms with Gasteiger partial charge in [0, 0.05) is 54.6 Å². The number of rotatable bonds is 15. The highest BCUT2D eigenvalue weighted by Gasteiger charge is 2.41. The van der Waals surface area contributed by atoms with Gasteiger partial charge >= 0.3 is 6.03 Å². The average molecular weight is 830 g/mol. The van der Waals surface area contributed by atoms with Crippen molar-refractivity contribution in [3.8, 4) is 0 Å². The molecule has 4 aromatic rings. The molecule has 0 bridgehead atoms. The van der Waals surface area contributed by atoms with E-state index in [0.717, 1.165) is 16.8 Å². The second kappa shape index (κ2) is 18.4. The lowest BCUT2D eigenvalue weighted by atomic mass is 9.90. The van der Waals surface area contributed by atoms with E-state index in [1.807, 2.05) is 70.2 Å². The molecular formula is C46H55N9O6. The van der Waals surface area contributed by atoms with Crippen molar-refractivity contribution in [2.45, 2.75) is 98.3 Å². The van der Waals surface area contributed by atoms with E-state index in [2.05, 4.69) is 30.9 Å². The summed E-state index contributed by atoms with van der Waals surface area (Å²) in [6.07, 6.45) is 4.42. The molecule has 0 spiro atoms. The molecule has 3 N–H and O–H groups in total. The van der Waals surface area contributed by atoms with Crippen LogP contribution in [-0.4, -0.2) is 86.4 Å². The second-order valence-electron chi connectivity index (χ2n) is 16.9. The number of urea groups is 1. The monoisotopic (exact) mass is 829 g/mol. The molecule has 6 rings (SSSR count). The van der Waals surface area contributed by atoms with Crippen LogP contribution in [0.5, 0.6) is 0 Å². The molecule has 61 heavy (non-hydrogen) atoms. The minimum Gasteiger partial charge on any atom is -0.344 e. The molecule has 4 heterocycles. The molecule has 0 saturated carbocycles. The van der Waals surface area contributed by atoms with E-state index in [1.54, 1.807) is 56.4 Å². The highest BCUT2D eigenvalue weighted by molar-refractivity contribution is 6.07. The predicted octanol–water partition coefficient (Wildman–Crippen LogP) is 5.86. The minimum absolute atomic E-state index is 0.145. The number of aromatic nitrogens is 3. The lowest BCUT2D eigenvalue weighted by Crippen LogP contribution is -2.61. The third-order valence-electron chi connectivity index (χ3n) is 11.3. The number of ketones is 2. The van der Waals surface area contributed by atoms with Crippen LogP contribution in [0.3, 0.4) is 0 Å². The first-order chi connectivity index (χ1) is 28.9. The number of aryl methyl sites for hydroxylation is 2. The van der Waals surface area contributed by atoms with Gasteiger partial charge < -0.3 is 20.9 Å². The average Bonchev–Trinajstić information content (AvgIpc) is 3.72. The van der Waals surface area contributed by atoms with E-state index in [1.165, 1.54) is 16.7 Å². The van der Waals surface area contributed by atoms with Crippen molar-refractivity contribution in [2.24, 2.45) is 11.8 Å². The van der Waals surface area contributed by atoms with E-state index in [0.29, 0.717) is 53.7 Å². The number of nitrogens with one attached hydrogen (secondary N) is 3. The van der Waals surface area contributed by atoms with Crippen molar-refractivity contribution < 1.29 is 28.8 Å². The van der Waals surface area contributed by atoms with Gasteiger partial charge in [0.05, 0.1) is 24.5 Å². The van der Waals surface area contributed by atoms with Crippen molar-refractivity contribution in [1.29, 1.82) is 0 Å². The van der Waals surface area contributed by atoms with Crippen LogP contribution in [-0.2, 0) is 32.1 Å². The fourth-order valence-electron chi connectivity index (χ4n) is 7.83. The quantitative estimate of drug-likeness (QED) is 0.123. The molecular weight excluding hydrogens is 775 g/mol. The molecule has 15 heteroatoms. The van der Waals surface area contributed by atoms with Crippen molar-refractivity contribution in [2.75, 3.05) is 28.7 Å². The molecule has 0 unspecified atom stereocenters. The van der Waals surface area contributed by atoms with Crippen LogP contribution < -0.4 is 25.8 Å². The van der Waals surface area contributed by atoms with Gasteiger partial charge in [0.25, 0.3) is 0 Å². The zero-order valence-corrected chi connectivity index (χ0v) is 36.1. The molecule has 0 radical (unpaired) electrons. The van der Waals surface area contributed by atoms with E-state index in [4.69, 9.17) is 0 Å². The van der Waals surface area contributed by atoms with Crippen LogP contribution in [0.1, 0.15) is 86.6 Å². The van der Waals surface area contributed by atoms with Gasteiger partial charge in [-0.05, 0) is 89.1 Å². The topological polar surface area (TPSA) is 187 Å². The number of carbonyl (C=O) groups is 6. The molecule has 5 amide bonds. The number of benzene rings is 2.